The summed E-state index contributed by atoms with van der Waals surface area (Å²) in [6.45, 7) is 2.22. The minimum atomic E-state index is -0.487. The summed E-state index contributed by atoms with van der Waals surface area (Å²) in [5.74, 6) is -0.724. The third-order valence-electron chi connectivity index (χ3n) is 4.30. The molecule has 4 heteroatoms. The van der Waals surface area contributed by atoms with E-state index in [-0.39, 0.29) is 12.5 Å². The van der Waals surface area contributed by atoms with Crippen LogP contribution in [0.1, 0.15) is 21.5 Å². The van der Waals surface area contributed by atoms with Crippen LogP contribution in [0.4, 0.5) is 0 Å². The summed E-state index contributed by atoms with van der Waals surface area (Å²) in [5.41, 5.74) is 2.68. The van der Waals surface area contributed by atoms with Gasteiger partial charge in [0.2, 0.25) is 0 Å². The maximum Gasteiger partial charge on any atom is 0.339 e. The number of aryl methyl sites for hydroxylation is 1. The average Bonchev–Trinajstić information content (AvgIpc) is 2.67. The van der Waals surface area contributed by atoms with Crippen molar-refractivity contribution in [3.05, 3.63) is 83.4 Å². The van der Waals surface area contributed by atoms with Crippen LogP contribution < -0.4 is 0 Å². The summed E-state index contributed by atoms with van der Waals surface area (Å²) in [7, 11) is 1.70. The van der Waals surface area contributed by atoms with Crippen molar-refractivity contribution in [3.8, 4) is 0 Å². The molecule has 0 heterocycles. The highest BCUT2D eigenvalue weighted by molar-refractivity contribution is 6.04. The van der Waals surface area contributed by atoms with E-state index in [1.165, 1.54) is 5.56 Å². The van der Waals surface area contributed by atoms with Crippen LogP contribution in [0.25, 0.3) is 10.8 Å². The molecule has 132 valence electrons. The molecule has 4 nitrogen and oxygen atoms in total. The monoisotopic (exact) mass is 347 g/mol. The molecule has 3 aromatic rings. The van der Waals surface area contributed by atoms with Crippen LogP contribution >= 0.6 is 0 Å². The molecule has 1 amide bonds. The number of carbonyl (C=O) groups excluding carboxylic acids is 2. The van der Waals surface area contributed by atoms with Crippen molar-refractivity contribution in [1.29, 1.82) is 0 Å². The van der Waals surface area contributed by atoms with Crippen molar-refractivity contribution < 1.29 is 14.3 Å². The van der Waals surface area contributed by atoms with Crippen molar-refractivity contribution in [2.45, 2.75) is 13.5 Å². The van der Waals surface area contributed by atoms with Gasteiger partial charge in [0.15, 0.2) is 6.61 Å². The number of hydrogen-bond acceptors (Lipinski definition) is 3. The number of fused-ring (bicyclic) bond motifs is 1. The lowest BCUT2D eigenvalue weighted by molar-refractivity contribution is -0.133. The average molecular weight is 347 g/mol. The van der Waals surface area contributed by atoms with Crippen LogP contribution in [0.15, 0.2) is 66.7 Å². The van der Waals surface area contributed by atoms with Gasteiger partial charge in [-0.2, -0.15) is 0 Å². The number of amides is 1. The second-order valence-electron chi connectivity index (χ2n) is 6.34. The Hall–Kier alpha value is -3.14. The van der Waals surface area contributed by atoms with Gasteiger partial charge in [-0.05, 0) is 29.3 Å². The smallest absolute Gasteiger partial charge is 0.339 e. The molecule has 0 aliphatic heterocycles. The normalized spacial score (nSPS) is 10.5. The second kappa shape index (κ2) is 7.83. The van der Waals surface area contributed by atoms with Crippen molar-refractivity contribution in [1.82, 2.24) is 4.90 Å². The molecule has 0 fully saturated rings. The fraction of sp³-hybridized carbons (Fsp3) is 0.182. The first kappa shape index (κ1) is 17.7. The molecule has 0 radical (unpaired) electrons. The third-order valence-corrected chi connectivity index (χ3v) is 4.30. The zero-order chi connectivity index (χ0) is 18.5. The van der Waals surface area contributed by atoms with E-state index in [1.54, 1.807) is 18.0 Å². The molecule has 0 saturated heterocycles. The van der Waals surface area contributed by atoms with Crippen LogP contribution in [0.2, 0.25) is 0 Å². The van der Waals surface area contributed by atoms with Gasteiger partial charge in [-0.25, -0.2) is 4.79 Å². The molecule has 0 N–H and O–H groups in total. The van der Waals surface area contributed by atoms with Crippen LogP contribution in [0.3, 0.4) is 0 Å². The molecule has 0 atom stereocenters. The lowest BCUT2D eigenvalue weighted by atomic mass is 10.1. The SMILES string of the molecule is Cc1ccc(CN(C)C(=O)COC(=O)c2cccc3ccccc23)cc1. The number of nitrogens with zero attached hydrogens (tertiary/aromatic N) is 1. The number of hydrogen-bond donors (Lipinski definition) is 0. The van der Waals surface area contributed by atoms with E-state index in [2.05, 4.69) is 0 Å². The quantitative estimate of drug-likeness (QED) is 0.656. The molecule has 0 aliphatic carbocycles. The molecule has 0 bridgehead atoms. The zero-order valence-electron chi connectivity index (χ0n) is 14.9. The standard InChI is InChI=1S/C22H21NO3/c1-16-10-12-17(13-11-16)14-23(2)21(24)15-26-22(25)20-9-5-7-18-6-3-4-8-19(18)20/h3-13H,14-15H2,1-2H3. The van der Waals surface area contributed by atoms with Crippen molar-refractivity contribution in [2.24, 2.45) is 0 Å². The maximum absolute atomic E-state index is 12.4. The highest BCUT2D eigenvalue weighted by Gasteiger charge is 2.15. The Labute approximate surface area is 153 Å². The van der Waals surface area contributed by atoms with E-state index >= 15 is 0 Å². The Morgan fingerprint density at radius 3 is 2.38 bits per heavy atom. The summed E-state index contributed by atoms with van der Waals surface area (Å²) in [4.78, 5) is 26.2. The number of benzene rings is 3. The molecule has 3 aromatic carbocycles. The molecule has 3 rings (SSSR count). The van der Waals surface area contributed by atoms with Gasteiger partial charge in [0.25, 0.3) is 5.91 Å². The first-order valence-electron chi connectivity index (χ1n) is 8.49. The first-order chi connectivity index (χ1) is 12.5. The molecule has 0 saturated carbocycles. The highest BCUT2D eigenvalue weighted by atomic mass is 16.5. The van der Waals surface area contributed by atoms with Crippen LogP contribution in [0, 0.1) is 6.92 Å². The largest absolute Gasteiger partial charge is 0.452 e. The predicted molar refractivity (Wildman–Crippen MR) is 102 cm³/mol. The maximum atomic E-state index is 12.4. The van der Waals surface area contributed by atoms with Crippen molar-refractivity contribution in [2.75, 3.05) is 13.7 Å². The molecule has 0 unspecified atom stereocenters. The topological polar surface area (TPSA) is 46.6 Å². The Morgan fingerprint density at radius 1 is 0.923 bits per heavy atom. The number of esters is 1. The molecule has 0 spiro atoms. The number of ether oxygens (including phenoxy) is 1. The van der Waals surface area contributed by atoms with E-state index in [1.807, 2.05) is 67.6 Å². The first-order valence-corrected chi connectivity index (χ1v) is 8.49. The Bertz CT molecular complexity index is 926. The van der Waals surface area contributed by atoms with Crippen molar-refractivity contribution >= 4 is 22.6 Å². The van der Waals surface area contributed by atoms with Gasteiger partial charge in [-0.3, -0.25) is 4.79 Å². The Balaban J connectivity index is 1.61. The zero-order valence-corrected chi connectivity index (χ0v) is 14.9. The van der Waals surface area contributed by atoms with Gasteiger partial charge in [-0.15, -0.1) is 0 Å². The van der Waals surface area contributed by atoms with Gasteiger partial charge < -0.3 is 9.64 Å². The van der Waals surface area contributed by atoms with E-state index < -0.39 is 5.97 Å². The fourth-order valence-electron chi connectivity index (χ4n) is 2.77. The summed E-state index contributed by atoms with van der Waals surface area (Å²) < 4.78 is 5.25. The van der Waals surface area contributed by atoms with Crippen LogP contribution in [-0.4, -0.2) is 30.4 Å². The number of likely N-dealkylation sites (N-methyl/N-ethyl adjacent to an activating group) is 1. The molecule has 26 heavy (non-hydrogen) atoms. The van der Waals surface area contributed by atoms with Gasteiger partial charge in [0.05, 0.1) is 5.56 Å². The minimum absolute atomic E-state index is 0.237. The Kier molecular flexibility index (Phi) is 5.32. The van der Waals surface area contributed by atoms with Gasteiger partial charge in [-0.1, -0.05) is 66.2 Å². The number of rotatable bonds is 5. The molecule has 0 aliphatic rings. The van der Waals surface area contributed by atoms with E-state index in [9.17, 15) is 9.59 Å². The van der Waals surface area contributed by atoms with E-state index in [0.717, 1.165) is 16.3 Å². The fourth-order valence-corrected chi connectivity index (χ4v) is 2.77. The summed E-state index contributed by atoms with van der Waals surface area (Å²) in [6, 6.07) is 21.1. The molecule has 0 aromatic heterocycles. The van der Waals surface area contributed by atoms with Crippen LogP contribution in [-0.2, 0) is 16.1 Å². The molecular formula is C22H21NO3. The highest BCUT2D eigenvalue weighted by Crippen LogP contribution is 2.19. The van der Waals surface area contributed by atoms with Gasteiger partial charge in [0.1, 0.15) is 0 Å². The summed E-state index contributed by atoms with van der Waals surface area (Å²) in [6.07, 6.45) is 0. The minimum Gasteiger partial charge on any atom is -0.452 e. The molecular weight excluding hydrogens is 326 g/mol. The van der Waals surface area contributed by atoms with E-state index in [4.69, 9.17) is 4.74 Å². The Morgan fingerprint density at radius 2 is 1.62 bits per heavy atom. The van der Waals surface area contributed by atoms with E-state index in [0.29, 0.717) is 12.1 Å². The predicted octanol–water partition coefficient (Wildman–Crippen LogP) is 3.96. The van der Waals surface area contributed by atoms with Crippen molar-refractivity contribution in [3.63, 3.8) is 0 Å². The van der Waals surface area contributed by atoms with Gasteiger partial charge >= 0.3 is 5.97 Å². The summed E-state index contributed by atoms with van der Waals surface area (Å²) in [5, 5.41) is 1.78. The lowest BCUT2D eigenvalue weighted by Crippen LogP contribution is -2.30. The second-order valence-corrected chi connectivity index (χ2v) is 6.34. The third kappa shape index (κ3) is 4.09. The van der Waals surface area contributed by atoms with Gasteiger partial charge in [0, 0.05) is 13.6 Å². The summed E-state index contributed by atoms with van der Waals surface area (Å²) >= 11 is 0. The van der Waals surface area contributed by atoms with Crippen LogP contribution in [0.5, 0.6) is 0 Å². The lowest BCUT2D eigenvalue weighted by Gasteiger charge is -2.17. The number of carbonyl (C=O) groups is 2.